The van der Waals surface area contributed by atoms with Crippen molar-refractivity contribution in [2.24, 2.45) is 0 Å². The number of aryl methyl sites for hydroxylation is 1. The summed E-state index contributed by atoms with van der Waals surface area (Å²) in [6, 6.07) is 20.7. The fraction of sp³-hybridized carbons (Fsp3) is 0.0800. The summed E-state index contributed by atoms with van der Waals surface area (Å²) in [4.78, 5) is 24.5. The van der Waals surface area contributed by atoms with Gasteiger partial charge in [-0.1, -0.05) is 53.5 Å². The minimum Gasteiger partial charge on any atom is -0.482 e. The number of hydrogen-bond acceptors (Lipinski definition) is 4. The van der Waals surface area contributed by atoms with Crippen LogP contribution in [-0.2, 0) is 9.59 Å². The van der Waals surface area contributed by atoms with E-state index in [4.69, 9.17) is 27.9 Å². The molecule has 0 heterocycles. The van der Waals surface area contributed by atoms with Gasteiger partial charge in [-0.15, -0.1) is 0 Å². The zero-order chi connectivity index (χ0) is 23.8. The van der Waals surface area contributed by atoms with Gasteiger partial charge in [-0.3, -0.25) is 9.59 Å². The summed E-state index contributed by atoms with van der Waals surface area (Å²) in [7, 11) is 0. The molecule has 0 fully saturated rings. The number of nitrogens with zero attached hydrogens (tertiary/aromatic N) is 1. The average molecular weight is 480 g/mol. The van der Waals surface area contributed by atoms with Crippen molar-refractivity contribution in [3.63, 3.8) is 0 Å². The number of para-hydroxylation sites is 1. The van der Waals surface area contributed by atoms with Gasteiger partial charge < -0.3 is 15.4 Å². The molecule has 0 unspecified atom stereocenters. The van der Waals surface area contributed by atoms with E-state index >= 15 is 0 Å². The van der Waals surface area contributed by atoms with Gasteiger partial charge in [0.05, 0.1) is 5.02 Å². The summed E-state index contributed by atoms with van der Waals surface area (Å²) in [5.41, 5.74) is 2.50. The minimum absolute atomic E-state index is 0.0836. The minimum atomic E-state index is -0.534. The number of hydrogen-bond donors (Lipinski definition) is 2. The zero-order valence-corrected chi connectivity index (χ0v) is 19.1. The molecule has 8 heteroatoms. The van der Waals surface area contributed by atoms with Crippen molar-refractivity contribution in [1.82, 2.24) is 0 Å². The molecule has 0 atom stereocenters. The molecule has 0 saturated carbocycles. The standard InChI is InChI=1S/C25H19Cl2N3O3/c1-16-7-9-20(13-21(16)26)29-24(31)15-33-23-10-8-17(12-22(23)27)11-18(14-28)25(32)30-19-5-3-2-4-6-19/h2-13H,15H2,1H3,(H,29,31)(H,30,32)/b18-11+. The first-order valence-electron chi connectivity index (χ1n) is 9.82. The van der Waals surface area contributed by atoms with E-state index in [1.165, 1.54) is 6.08 Å². The van der Waals surface area contributed by atoms with Crippen LogP contribution in [0.15, 0.2) is 72.3 Å². The molecule has 0 spiro atoms. The highest BCUT2D eigenvalue weighted by Crippen LogP contribution is 2.27. The maximum absolute atomic E-state index is 12.4. The second-order valence-electron chi connectivity index (χ2n) is 6.98. The fourth-order valence-corrected chi connectivity index (χ4v) is 3.19. The lowest BCUT2D eigenvalue weighted by Gasteiger charge is -2.10. The van der Waals surface area contributed by atoms with E-state index in [-0.39, 0.29) is 28.9 Å². The van der Waals surface area contributed by atoms with E-state index in [1.54, 1.807) is 60.7 Å². The zero-order valence-electron chi connectivity index (χ0n) is 17.6. The molecule has 3 aromatic rings. The molecular weight excluding hydrogens is 461 g/mol. The lowest BCUT2D eigenvalue weighted by molar-refractivity contribution is -0.118. The highest BCUT2D eigenvalue weighted by molar-refractivity contribution is 6.32. The third-order valence-electron chi connectivity index (χ3n) is 4.48. The summed E-state index contributed by atoms with van der Waals surface area (Å²) in [5.74, 6) is -0.620. The number of benzene rings is 3. The Kier molecular flexibility index (Phi) is 8.09. The predicted molar refractivity (Wildman–Crippen MR) is 130 cm³/mol. The van der Waals surface area contributed by atoms with Crippen molar-refractivity contribution in [2.45, 2.75) is 6.92 Å². The van der Waals surface area contributed by atoms with Gasteiger partial charge >= 0.3 is 0 Å². The molecule has 33 heavy (non-hydrogen) atoms. The van der Waals surface area contributed by atoms with Gasteiger partial charge in [0.1, 0.15) is 17.4 Å². The molecule has 2 N–H and O–H groups in total. The molecule has 6 nitrogen and oxygen atoms in total. The van der Waals surface area contributed by atoms with Crippen LogP contribution >= 0.6 is 23.2 Å². The van der Waals surface area contributed by atoms with Crippen LogP contribution in [0.4, 0.5) is 11.4 Å². The lowest BCUT2D eigenvalue weighted by Crippen LogP contribution is -2.20. The van der Waals surface area contributed by atoms with Crippen molar-refractivity contribution in [2.75, 3.05) is 17.2 Å². The number of halogens is 2. The maximum Gasteiger partial charge on any atom is 0.266 e. The Morgan fingerprint density at radius 3 is 2.39 bits per heavy atom. The second-order valence-corrected chi connectivity index (χ2v) is 7.80. The van der Waals surface area contributed by atoms with Gasteiger partial charge in [0.15, 0.2) is 6.61 Å². The van der Waals surface area contributed by atoms with Gasteiger partial charge in [0.2, 0.25) is 0 Å². The van der Waals surface area contributed by atoms with Crippen molar-refractivity contribution in [3.05, 3.63) is 93.5 Å². The van der Waals surface area contributed by atoms with Gasteiger partial charge in [-0.2, -0.15) is 5.26 Å². The number of carbonyl (C=O) groups is 2. The molecule has 166 valence electrons. The Morgan fingerprint density at radius 1 is 0.970 bits per heavy atom. The summed E-state index contributed by atoms with van der Waals surface area (Å²) in [6.07, 6.45) is 1.42. The Balaban J connectivity index is 1.62. The molecular formula is C25H19Cl2N3O3. The number of nitrogens with one attached hydrogen (secondary N) is 2. The normalized spacial score (nSPS) is 10.8. The van der Waals surface area contributed by atoms with E-state index < -0.39 is 5.91 Å². The molecule has 3 rings (SSSR count). The molecule has 0 radical (unpaired) electrons. The van der Waals surface area contributed by atoms with E-state index in [9.17, 15) is 14.9 Å². The second kappa shape index (κ2) is 11.2. The Hall–Kier alpha value is -3.79. The lowest BCUT2D eigenvalue weighted by atomic mass is 10.1. The summed E-state index contributed by atoms with van der Waals surface area (Å²) in [5, 5.41) is 15.5. The Labute approximate surface area is 201 Å². The number of carbonyl (C=O) groups excluding carboxylic acids is 2. The number of anilines is 2. The van der Waals surface area contributed by atoms with Crippen LogP contribution in [0.5, 0.6) is 5.75 Å². The van der Waals surface area contributed by atoms with Gasteiger partial charge in [-0.05, 0) is 60.5 Å². The summed E-state index contributed by atoms with van der Waals surface area (Å²) >= 11 is 12.3. The highest BCUT2D eigenvalue weighted by atomic mass is 35.5. The van der Waals surface area contributed by atoms with Crippen LogP contribution in [0.3, 0.4) is 0 Å². The first-order valence-corrected chi connectivity index (χ1v) is 10.6. The van der Waals surface area contributed by atoms with E-state index in [0.717, 1.165) is 5.56 Å². The third kappa shape index (κ3) is 6.84. The number of rotatable bonds is 7. The fourth-order valence-electron chi connectivity index (χ4n) is 2.77. The topological polar surface area (TPSA) is 91.2 Å². The quantitative estimate of drug-likeness (QED) is 0.327. The molecule has 0 aliphatic rings. The molecule has 0 aromatic heterocycles. The van der Waals surface area contributed by atoms with E-state index in [0.29, 0.717) is 22.0 Å². The van der Waals surface area contributed by atoms with Crippen molar-refractivity contribution in [1.29, 1.82) is 5.26 Å². The maximum atomic E-state index is 12.4. The van der Waals surface area contributed by atoms with Crippen molar-refractivity contribution < 1.29 is 14.3 Å². The monoisotopic (exact) mass is 479 g/mol. The van der Waals surface area contributed by atoms with Crippen molar-refractivity contribution in [3.8, 4) is 11.8 Å². The summed E-state index contributed by atoms with van der Waals surface area (Å²) < 4.78 is 5.50. The molecule has 0 bridgehead atoms. The first-order chi connectivity index (χ1) is 15.9. The molecule has 3 aromatic carbocycles. The molecule has 0 aliphatic carbocycles. The van der Waals surface area contributed by atoms with Gasteiger partial charge in [0, 0.05) is 16.4 Å². The van der Waals surface area contributed by atoms with Crippen LogP contribution in [-0.4, -0.2) is 18.4 Å². The SMILES string of the molecule is Cc1ccc(NC(=O)COc2ccc(/C=C(\C#N)C(=O)Nc3ccccc3)cc2Cl)cc1Cl. The van der Waals surface area contributed by atoms with Crippen LogP contribution in [0.1, 0.15) is 11.1 Å². The third-order valence-corrected chi connectivity index (χ3v) is 5.18. The van der Waals surface area contributed by atoms with Crippen LogP contribution in [0, 0.1) is 18.3 Å². The molecule has 2 amide bonds. The first kappa shape index (κ1) is 23.9. The van der Waals surface area contributed by atoms with Crippen molar-refractivity contribution >= 4 is 52.5 Å². The number of amides is 2. The Bertz CT molecular complexity index is 1250. The van der Waals surface area contributed by atoms with Crippen LogP contribution < -0.4 is 15.4 Å². The van der Waals surface area contributed by atoms with E-state index in [1.807, 2.05) is 19.1 Å². The van der Waals surface area contributed by atoms with Crippen LogP contribution in [0.25, 0.3) is 6.08 Å². The van der Waals surface area contributed by atoms with Crippen LogP contribution in [0.2, 0.25) is 10.0 Å². The number of ether oxygens (including phenoxy) is 1. The number of nitriles is 1. The van der Waals surface area contributed by atoms with Gasteiger partial charge in [-0.25, -0.2) is 0 Å². The molecule has 0 aliphatic heterocycles. The Morgan fingerprint density at radius 2 is 1.73 bits per heavy atom. The largest absolute Gasteiger partial charge is 0.482 e. The van der Waals surface area contributed by atoms with Gasteiger partial charge in [0.25, 0.3) is 11.8 Å². The summed E-state index contributed by atoms with van der Waals surface area (Å²) in [6.45, 7) is 1.61. The highest BCUT2D eigenvalue weighted by Gasteiger charge is 2.11. The smallest absolute Gasteiger partial charge is 0.266 e. The predicted octanol–water partition coefficient (Wildman–Crippen LogP) is 5.87. The van der Waals surface area contributed by atoms with E-state index in [2.05, 4.69) is 10.6 Å². The molecule has 0 saturated heterocycles. The average Bonchev–Trinajstić information content (AvgIpc) is 2.80.